The van der Waals surface area contributed by atoms with Gasteiger partial charge in [0.25, 0.3) is 0 Å². The Balaban J connectivity index is 2.38. The number of ketones is 1. The fourth-order valence-electron chi connectivity index (χ4n) is 4.39. The molecule has 1 aromatic heterocycles. The lowest BCUT2D eigenvalue weighted by Gasteiger charge is -2.34. The first kappa shape index (κ1) is 29.4. The summed E-state index contributed by atoms with van der Waals surface area (Å²) < 4.78 is 5.74. The lowest BCUT2D eigenvalue weighted by Crippen LogP contribution is -2.45. The van der Waals surface area contributed by atoms with Crippen LogP contribution in [-0.4, -0.2) is 56.5 Å². The van der Waals surface area contributed by atoms with Gasteiger partial charge in [-0.05, 0) is 56.8 Å². The molecule has 196 valence electrons. The molecule has 6 atom stereocenters. The number of rotatable bonds is 2. The molecule has 35 heavy (non-hydrogen) atoms. The Kier molecular flexibility index (Phi) is 10.4. The van der Waals surface area contributed by atoms with E-state index in [0.29, 0.717) is 12.8 Å². The fourth-order valence-corrected chi connectivity index (χ4v) is 4.96. The summed E-state index contributed by atoms with van der Waals surface area (Å²) in [5.41, 5.74) is 0.988. The number of allylic oxidation sites excluding steroid dienone is 1. The number of aliphatic hydroxyl groups is 3. The van der Waals surface area contributed by atoms with E-state index in [1.54, 1.807) is 20.8 Å². The number of carbonyl (C=O) groups is 2. The number of carbonyl (C=O) groups excluding carboxylic acids is 2. The molecule has 0 saturated heterocycles. The standard InChI is InChI=1S/C27H41NO6S/c1-15-9-8-10-16(2)25(32)18(4)26(33)27(6,7)23(30)13-24(31)34-22(12-21(15)29)17(3)11-20-14-35-19(5)28-20/h9,11,14,16,18,21-23,25,29-30,32H,8,10,12-13H2,1-7H3. The molecule has 2 heterocycles. The second kappa shape index (κ2) is 12.4. The average Bonchev–Trinajstić information content (AvgIpc) is 3.20. The molecule has 1 aliphatic rings. The second-order valence-corrected chi connectivity index (χ2v) is 11.6. The molecule has 0 aliphatic carbocycles. The van der Waals surface area contributed by atoms with Crippen LogP contribution in [-0.2, 0) is 14.3 Å². The van der Waals surface area contributed by atoms with Crippen molar-refractivity contribution in [3.05, 3.63) is 33.3 Å². The molecule has 1 aliphatic heterocycles. The van der Waals surface area contributed by atoms with Crippen LogP contribution in [0.1, 0.15) is 77.9 Å². The average molecular weight is 508 g/mol. The number of aliphatic hydroxyl groups excluding tert-OH is 3. The minimum Gasteiger partial charge on any atom is -0.458 e. The highest BCUT2D eigenvalue weighted by Crippen LogP contribution is 2.32. The lowest BCUT2D eigenvalue weighted by atomic mass is 9.73. The molecule has 1 aromatic rings. The van der Waals surface area contributed by atoms with Gasteiger partial charge in [0.05, 0.1) is 40.8 Å². The molecule has 0 bridgehead atoms. The van der Waals surface area contributed by atoms with E-state index in [-0.39, 0.29) is 24.5 Å². The van der Waals surface area contributed by atoms with Crippen molar-refractivity contribution in [1.82, 2.24) is 4.98 Å². The SMILES string of the molecule is CC1=CCCC(C)C(O)C(C)C(=O)C(C)(C)C(O)CC(=O)OC(C(C)=Cc2csc(C)n2)CC1O. The normalized spacial score (nSPS) is 32.2. The number of ether oxygens (including phenoxy) is 1. The van der Waals surface area contributed by atoms with Crippen LogP contribution in [0, 0.1) is 24.2 Å². The van der Waals surface area contributed by atoms with E-state index in [4.69, 9.17) is 4.74 Å². The van der Waals surface area contributed by atoms with Gasteiger partial charge in [0.2, 0.25) is 0 Å². The maximum atomic E-state index is 13.2. The van der Waals surface area contributed by atoms with Gasteiger partial charge in [0.15, 0.2) is 0 Å². The monoisotopic (exact) mass is 507 g/mol. The number of thiazole rings is 1. The molecule has 0 fully saturated rings. The first-order chi connectivity index (χ1) is 16.2. The minimum absolute atomic E-state index is 0.152. The van der Waals surface area contributed by atoms with Crippen LogP contribution in [0.4, 0.5) is 0 Å². The number of hydrogen-bond donors (Lipinski definition) is 3. The quantitative estimate of drug-likeness (QED) is 0.405. The Labute approximate surface area is 212 Å². The van der Waals surface area contributed by atoms with Crippen molar-refractivity contribution in [2.45, 2.75) is 98.6 Å². The van der Waals surface area contributed by atoms with E-state index in [2.05, 4.69) is 4.98 Å². The minimum atomic E-state index is -1.28. The van der Waals surface area contributed by atoms with Crippen LogP contribution in [0.15, 0.2) is 22.6 Å². The van der Waals surface area contributed by atoms with E-state index in [0.717, 1.165) is 21.8 Å². The second-order valence-electron chi connectivity index (χ2n) is 10.5. The Morgan fingerprint density at radius 3 is 2.46 bits per heavy atom. The number of nitrogens with zero attached hydrogens (tertiary/aromatic N) is 1. The summed E-state index contributed by atoms with van der Waals surface area (Å²) in [5, 5.41) is 35.3. The lowest BCUT2D eigenvalue weighted by molar-refractivity contribution is -0.155. The van der Waals surface area contributed by atoms with Crippen LogP contribution >= 0.6 is 11.3 Å². The van der Waals surface area contributed by atoms with Crippen LogP contribution in [0.5, 0.6) is 0 Å². The van der Waals surface area contributed by atoms with Gasteiger partial charge in [-0.1, -0.05) is 33.8 Å². The van der Waals surface area contributed by atoms with E-state index in [9.17, 15) is 24.9 Å². The first-order valence-corrected chi connectivity index (χ1v) is 13.2. The van der Waals surface area contributed by atoms with Crippen molar-refractivity contribution in [3.63, 3.8) is 0 Å². The number of esters is 1. The summed E-state index contributed by atoms with van der Waals surface area (Å²) in [6, 6.07) is 0. The highest BCUT2D eigenvalue weighted by Gasteiger charge is 2.42. The van der Waals surface area contributed by atoms with Gasteiger partial charge in [-0.25, -0.2) is 4.98 Å². The molecule has 2 rings (SSSR count). The Morgan fingerprint density at radius 1 is 1.20 bits per heavy atom. The third-order valence-electron chi connectivity index (χ3n) is 7.18. The zero-order valence-corrected chi connectivity index (χ0v) is 22.8. The first-order valence-electron chi connectivity index (χ1n) is 12.3. The van der Waals surface area contributed by atoms with Gasteiger partial charge in [-0.3, -0.25) is 9.59 Å². The third-order valence-corrected chi connectivity index (χ3v) is 7.97. The molecule has 8 heteroatoms. The zero-order valence-electron chi connectivity index (χ0n) is 21.9. The van der Waals surface area contributed by atoms with Gasteiger partial charge < -0.3 is 20.1 Å². The van der Waals surface area contributed by atoms with Crippen molar-refractivity contribution < 1.29 is 29.6 Å². The zero-order chi connectivity index (χ0) is 26.5. The predicted molar refractivity (Wildman–Crippen MR) is 138 cm³/mol. The summed E-state index contributed by atoms with van der Waals surface area (Å²) in [6.45, 7) is 12.3. The summed E-state index contributed by atoms with van der Waals surface area (Å²) in [5.74, 6) is -1.81. The van der Waals surface area contributed by atoms with Gasteiger partial charge in [0, 0.05) is 17.7 Å². The fraction of sp³-hybridized carbons (Fsp3) is 0.667. The number of cyclic esters (lactones) is 1. The number of hydrogen-bond acceptors (Lipinski definition) is 8. The third kappa shape index (κ3) is 7.81. The van der Waals surface area contributed by atoms with E-state index < -0.39 is 41.7 Å². The van der Waals surface area contributed by atoms with Crippen LogP contribution < -0.4 is 0 Å². The number of Topliss-reactive ketones (excluding diaryl/α,β-unsaturated/α-hetero) is 1. The van der Waals surface area contributed by atoms with Gasteiger partial charge >= 0.3 is 5.97 Å². The highest BCUT2D eigenvalue weighted by atomic mass is 32.1. The van der Waals surface area contributed by atoms with Gasteiger partial charge in [-0.2, -0.15) is 0 Å². The molecule has 6 unspecified atom stereocenters. The summed E-state index contributed by atoms with van der Waals surface area (Å²) in [6.07, 6.45) is 1.12. The number of aromatic nitrogens is 1. The number of aryl methyl sites for hydroxylation is 1. The molecule has 0 spiro atoms. The van der Waals surface area contributed by atoms with Crippen LogP contribution in [0.25, 0.3) is 6.08 Å². The van der Waals surface area contributed by atoms with Crippen molar-refractivity contribution in [2.75, 3.05) is 0 Å². The summed E-state index contributed by atoms with van der Waals surface area (Å²) in [4.78, 5) is 30.5. The summed E-state index contributed by atoms with van der Waals surface area (Å²) >= 11 is 1.52. The molecule has 0 aromatic carbocycles. The van der Waals surface area contributed by atoms with Crippen LogP contribution in [0.2, 0.25) is 0 Å². The highest BCUT2D eigenvalue weighted by molar-refractivity contribution is 7.09. The van der Waals surface area contributed by atoms with Crippen LogP contribution in [0.3, 0.4) is 0 Å². The smallest absolute Gasteiger partial charge is 0.309 e. The van der Waals surface area contributed by atoms with E-state index in [1.807, 2.05) is 45.2 Å². The molecule has 7 nitrogen and oxygen atoms in total. The topological polar surface area (TPSA) is 117 Å². The van der Waals surface area contributed by atoms with E-state index in [1.165, 1.54) is 11.3 Å². The Morgan fingerprint density at radius 2 is 1.86 bits per heavy atom. The summed E-state index contributed by atoms with van der Waals surface area (Å²) in [7, 11) is 0. The maximum absolute atomic E-state index is 13.2. The van der Waals surface area contributed by atoms with E-state index >= 15 is 0 Å². The molecule has 3 N–H and O–H groups in total. The van der Waals surface area contributed by atoms with Gasteiger partial charge in [0.1, 0.15) is 11.9 Å². The molecule has 0 radical (unpaired) electrons. The van der Waals surface area contributed by atoms with Crippen molar-refractivity contribution in [2.24, 2.45) is 17.3 Å². The Hall–Kier alpha value is -1.87. The van der Waals surface area contributed by atoms with Crippen molar-refractivity contribution in [1.29, 1.82) is 0 Å². The van der Waals surface area contributed by atoms with Crippen molar-refractivity contribution >= 4 is 29.2 Å². The largest absolute Gasteiger partial charge is 0.458 e. The molecule has 0 saturated carbocycles. The maximum Gasteiger partial charge on any atom is 0.309 e. The van der Waals surface area contributed by atoms with Crippen molar-refractivity contribution in [3.8, 4) is 0 Å². The van der Waals surface area contributed by atoms with Gasteiger partial charge in [-0.15, -0.1) is 11.3 Å². The predicted octanol–water partition coefficient (Wildman–Crippen LogP) is 4.24. The Bertz CT molecular complexity index is 949. The molecule has 0 amide bonds. The molecular formula is C27H41NO6S. The molecular weight excluding hydrogens is 466 g/mol.